The minimum atomic E-state index is -0.299. The number of ether oxygens (including phenoxy) is 1. The van der Waals surface area contributed by atoms with Crippen molar-refractivity contribution < 1.29 is 14.2 Å². The summed E-state index contributed by atoms with van der Waals surface area (Å²) in [7, 11) is 0. The molecule has 1 aromatic carbocycles. The van der Waals surface area contributed by atoms with E-state index < -0.39 is 0 Å². The van der Waals surface area contributed by atoms with E-state index in [4.69, 9.17) is 9.84 Å². The van der Waals surface area contributed by atoms with Crippen LogP contribution >= 0.6 is 0 Å². The van der Waals surface area contributed by atoms with E-state index in [9.17, 15) is 4.39 Å². The van der Waals surface area contributed by atoms with Gasteiger partial charge >= 0.3 is 0 Å². The summed E-state index contributed by atoms with van der Waals surface area (Å²) in [6.45, 7) is 3.35. The third kappa shape index (κ3) is 8.49. The van der Waals surface area contributed by atoms with E-state index in [0.717, 1.165) is 12.0 Å². The van der Waals surface area contributed by atoms with E-state index in [1.54, 1.807) is 0 Å². The molecule has 0 saturated carbocycles. The molecular weight excluding hydrogens is 267 g/mol. The van der Waals surface area contributed by atoms with Crippen LogP contribution in [-0.4, -0.2) is 18.3 Å². The van der Waals surface area contributed by atoms with Crippen LogP contribution in [0.4, 0.5) is 4.39 Å². The predicted molar refractivity (Wildman–Crippen MR) is 83.4 cm³/mol. The van der Waals surface area contributed by atoms with Crippen LogP contribution in [0.5, 0.6) is 0 Å². The van der Waals surface area contributed by atoms with Gasteiger partial charge < -0.3 is 9.84 Å². The molecule has 116 valence electrons. The lowest BCUT2D eigenvalue weighted by Crippen LogP contribution is -1.97. The molecule has 0 heterocycles. The highest BCUT2D eigenvalue weighted by Crippen LogP contribution is 2.10. The fourth-order valence-corrected chi connectivity index (χ4v) is 2.02. The Morgan fingerprint density at radius 2 is 1.95 bits per heavy atom. The first-order chi connectivity index (χ1) is 10.3. The zero-order valence-corrected chi connectivity index (χ0v) is 12.8. The van der Waals surface area contributed by atoms with Crippen molar-refractivity contribution in [3.05, 3.63) is 35.1 Å². The van der Waals surface area contributed by atoms with Crippen molar-refractivity contribution in [2.45, 2.75) is 52.1 Å². The van der Waals surface area contributed by atoms with Crippen molar-refractivity contribution in [3.63, 3.8) is 0 Å². The molecule has 0 bridgehead atoms. The van der Waals surface area contributed by atoms with Crippen molar-refractivity contribution in [2.75, 3.05) is 13.2 Å². The Labute approximate surface area is 127 Å². The molecule has 0 spiro atoms. The van der Waals surface area contributed by atoms with Crippen molar-refractivity contribution in [2.24, 2.45) is 0 Å². The maximum atomic E-state index is 13.5. The second-order valence-electron chi connectivity index (χ2n) is 5.09. The fourth-order valence-electron chi connectivity index (χ4n) is 2.02. The van der Waals surface area contributed by atoms with Crippen LogP contribution in [-0.2, 0) is 11.3 Å². The van der Waals surface area contributed by atoms with Gasteiger partial charge in [0.15, 0.2) is 0 Å². The Kier molecular flexibility index (Phi) is 9.52. The zero-order chi connectivity index (χ0) is 15.3. The van der Waals surface area contributed by atoms with E-state index in [1.165, 1.54) is 37.8 Å². The van der Waals surface area contributed by atoms with E-state index in [1.807, 2.05) is 6.07 Å². The molecular formula is C18H25FO2. The summed E-state index contributed by atoms with van der Waals surface area (Å²) in [5.74, 6) is 5.34. The number of aliphatic hydroxyl groups excluding tert-OH is 1. The number of rotatable bonds is 9. The van der Waals surface area contributed by atoms with Crippen LogP contribution in [0.3, 0.4) is 0 Å². The molecule has 2 nitrogen and oxygen atoms in total. The highest BCUT2D eigenvalue weighted by atomic mass is 19.1. The Morgan fingerprint density at radius 1 is 1.14 bits per heavy atom. The number of halogens is 1. The highest BCUT2D eigenvalue weighted by Gasteiger charge is 2.00. The van der Waals surface area contributed by atoms with Crippen LogP contribution in [0, 0.1) is 17.7 Å². The first-order valence-electron chi connectivity index (χ1n) is 7.73. The molecule has 0 amide bonds. The molecule has 0 saturated heterocycles. The molecule has 1 rings (SSSR count). The second kappa shape index (κ2) is 11.3. The monoisotopic (exact) mass is 292 g/mol. The van der Waals surface area contributed by atoms with Gasteiger partial charge in [0.1, 0.15) is 5.82 Å². The topological polar surface area (TPSA) is 29.5 Å². The molecule has 0 unspecified atom stereocenters. The summed E-state index contributed by atoms with van der Waals surface area (Å²) in [6.07, 6.45) is 6.42. The minimum absolute atomic E-state index is 0.0241. The molecule has 0 aliphatic heterocycles. The summed E-state index contributed by atoms with van der Waals surface area (Å²) in [4.78, 5) is 0. The summed E-state index contributed by atoms with van der Waals surface area (Å²) in [5, 5.41) is 8.68. The first-order valence-corrected chi connectivity index (χ1v) is 7.73. The highest BCUT2D eigenvalue weighted by molar-refractivity contribution is 5.37. The predicted octanol–water partition coefficient (Wildman–Crippen LogP) is 4.05. The Balaban J connectivity index is 2.36. The molecule has 0 radical (unpaired) electrons. The van der Waals surface area contributed by atoms with Gasteiger partial charge in [0.05, 0.1) is 13.2 Å². The van der Waals surface area contributed by atoms with Gasteiger partial charge in [-0.25, -0.2) is 4.39 Å². The summed E-state index contributed by atoms with van der Waals surface area (Å²) >= 11 is 0. The summed E-state index contributed by atoms with van der Waals surface area (Å²) < 4.78 is 19.1. The molecule has 0 atom stereocenters. The maximum absolute atomic E-state index is 13.5. The summed E-state index contributed by atoms with van der Waals surface area (Å²) in [6, 6.07) is 4.72. The fraction of sp³-hybridized carbons (Fsp3) is 0.556. The normalized spacial score (nSPS) is 10.2. The van der Waals surface area contributed by atoms with Gasteiger partial charge in [-0.05, 0) is 30.2 Å². The maximum Gasteiger partial charge on any atom is 0.124 e. The number of unbranched alkanes of at least 4 members (excludes halogenated alkanes) is 4. The van der Waals surface area contributed by atoms with Gasteiger partial charge in [-0.2, -0.15) is 0 Å². The van der Waals surface area contributed by atoms with E-state index in [-0.39, 0.29) is 12.4 Å². The molecule has 0 aromatic heterocycles. The lowest BCUT2D eigenvalue weighted by Gasteiger charge is -2.05. The van der Waals surface area contributed by atoms with Crippen molar-refractivity contribution in [3.8, 4) is 11.8 Å². The number of aliphatic hydroxyl groups is 1. The molecule has 21 heavy (non-hydrogen) atoms. The number of hydrogen-bond donors (Lipinski definition) is 1. The van der Waals surface area contributed by atoms with Gasteiger partial charge in [0, 0.05) is 18.6 Å². The van der Waals surface area contributed by atoms with Crippen molar-refractivity contribution >= 4 is 0 Å². The Hall–Kier alpha value is -1.37. The zero-order valence-electron chi connectivity index (χ0n) is 12.8. The van der Waals surface area contributed by atoms with Crippen LogP contribution in [0.25, 0.3) is 0 Å². The van der Waals surface area contributed by atoms with Crippen LogP contribution in [0.1, 0.15) is 56.6 Å². The second-order valence-corrected chi connectivity index (χ2v) is 5.09. The van der Waals surface area contributed by atoms with Gasteiger partial charge in [0.25, 0.3) is 0 Å². The van der Waals surface area contributed by atoms with Crippen LogP contribution < -0.4 is 0 Å². The SMILES string of the molecule is CCCCCCCOCc1cc(F)cc(C#CCCO)c1. The Morgan fingerprint density at radius 3 is 2.71 bits per heavy atom. The first kappa shape index (κ1) is 17.7. The average molecular weight is 292 g/mol. The lowest BCUT2D eigenvalue weighted by atomic mass is 10.1. The third-order valence-electron chi connectivity index (χ3n) is 3.09. The van der Waals surface area contributed by atoms with Crippen LogP contribution in [0.2, 0.25) is 0 Å². The quantitative estimate of drug-likeness (QED) is 0.549. The molecule has 3 heteroatoms. The number of hydrogen-bond acceptors (Lipinski definition) is 2. The number of benzene rings is 1. The molecule has 0 aliphatic rings. The molecule has 1 N–H and O–H groups in total. The smallest absolute Gasteiger partial charge is 0.124 e. The average Bonchev–Trinajstić information content (AvgIpc) is 2.46. The van der Waals surface area contributed by atoms with E-state index >= 15 is 0 Å². The van der Waals surface area contributed by atoms with Gasteiger partial charge in [-0.3, -0.25) is 0 Å². The Bertz CT molecular complexity index is 460. The van der Waals surface area contributed by atoms with Crippen LogP contribution in [0.15, 0.2) is 18.2 Å². The van der Waals surface area contributed by atoms with E-state index in [2.05, 4.69) is 18.8 Å². The standard InChI is InChI=1S/C18H25FO2/c1-2-3-4-5-8-11-21-15-17-12-16(9-6-7-10-20)13-18(19)14-17/h12-14,20H,2-5,7-8,10-11,15H2,1H3. The largest absolute Gasteiger partial charge is 0.395 e. The van der Waals surface area contributed by atoms with Gasteiger partial charge in [-0.15, -0.1) is 0 Å². The van der Waals surface area contributed by atoms with E-state index in [0.29, 0.717) is 25.2 Å². The van der Waals surface area contributed by atoms with Gasteiger partial charge in [-0.1, -0.05) is 44.4 Å². The van der Waals surface area contributed by atoms with Gasteiger partial charge in [0.2, 0.25) is 0 Å². The molecule has 1 aromatic rings. The molecule has 0 fully saturated rings. The third-order valence-corrected chi connectivity index (χ3v) is 3.09. The van der Waals surface area contributed by atoms with Crippen molar-refractivity contribution in [1.29, 1.82) is 0 Å². The van der Waals surface area contributed by atoms with Crippen molar-refractivity contribution in [1.82, 2.24) is 0 Å². The summed E-state index contributed by atoms with van der Waals surface area (Å²) in [5.41, 5.74) is 1.43. The lowest BCUT2D eigenvalue weighted by molar-refractivity contribution is 0.116. The minimum Gasteiger partial charge on any atom is -0.395 e. The molecule has 0 aliphatic carbocycles.